The predicted octanol–water partition coefficient (Wildman–Crippen LogP) is 6.76. The molecule has 0 radical (unpaired) electrons. The molecule has 0 saturated carbocycles. The Morgan fingerprint density at radius 2 is 0.860 bits per heavy atom. The van der Waals surface area contributed by atoms with Gasteiger partial charge >= 0.3 is 23.9 Å². The van der Waals surface area contributed by atoms with Crippen LogP contribution in [0.25, 0.3) is 0 Å². The van der Waals surface area contributed by atoms with Crippen molar-refractivity contribution in [2.24, 2.45) is 17.8 Å². The molecule has 4 aromatic rings. The van der Waals surface area contributed by atoms with E-state index in [4.69, 9.17) is 6.54 Å². The number of rotatable bonds is 14. The van der Waals surface area contributed by atoms with Gasteiger partial charge in [-0.2, -0.15) is 71.8 Å². The van der Waals surface area contributed by atoms with Crippen molar-refractivity contribution in [3.63, 3.8) is 0 Å². The van der Waals surface area contributed by atoms with Gasteiger partial charge in [-0.1, -0.05) is 45.0 Å². The van der Waals surface area contributed by atoms with E-state index in [-0.39, 0.29) is 116 Å². The van der Waals surface area contributed by atoms with Gasteiger partial charge in [0.05, 0.1) is 55.6 Å². The molecule has 0 heterocycles. The van der Waals surface area contributed by atoms with Gasteiger partial charge in [0.1, 0.15) is 17.5 Å². The fraction of sp³-hybridized carbons (Fsp3) is 0.300. The molecule has 0 aliphatic carbocycles. The molecule has 0 amide bonds. The zero-order chi connectivity index (χ0) is 41.9. The van der Waals surface area contributed by atoms with Crippen molar-refractivity contribution in [1.29, 1.82) is 1.43 Å². The van der Waals surface area contributed by atoms with Crippen LogP contribution < -0.4 is 5.32 Å². The van der Waals surface area contributed by atoms with Crippen LogP contribution in [0, 0.1) is 92.1 Å². The van der Waals surface area contributed by atoms with Crippen molar-refractivity contribution in [3.05, 3.63) is 131 Å². The van der Waals surface area contributed by atoms with Gasteiger partial charge in [-0.05, 0) is 68.1 Å². The van der Waals surface area contributed by atoms with Crippen LogP contribution >= 0.6 is 37.9 Å². The van der Waals surface area contributed by atoms with E-state index >= 15 is 0 Å². The normalized spacial score (nSPS) is 11.9. The van der Waals surface area contributed by atoms with Crippen LogP contribution in [0.4, 0.5) is 0 Å². The third-order valence-electron chi connectivity index (χ3n) is 7.80. The molecule has 8 atom stereocenters. The van der Waals surface area contributed by atoms with Crippen molar-refractivity contribution in [2.45, 2.75) is 52.5 Å². The molecule has 0 aromatic heterocycles. The van der Waals surface area contributed by atoms with Gasteiger partial charge in [-0.3, -0.25) is 19.2 Å². The molecular weight excluding hydrogens is 1250 g/mol. The molecule has 4 rings (SSSR count). The molecule has 0 spiro atoms. The van der Waals surface area contributed by atoms with E-state index in [1.165, 1.54) is 0 Å². The Balaban J connectivity index is 0. The average molecular weight is 1310 g/mol. The topological polar surface area (TPSA) is 158 Å². The van der Waals surface area contributed by atoms with Crippen LogP contribution in [0.1, 0.15) is 43.0 Å². The number of likely N-dealkylation sites (N-methyl/N-ethyl adjacent to an activating group) is 1. The van der Waals surface area contributed by atoms with E-state index < -0.39 is 0 Å². The number of carbonyl (C=O) groups is 4. The predicted molar refractivity (Wildman–Crippen MR) is 225 cm³/mol. The molecular formula is C40H51NO10P4U2-2. The van der Waals surface area contributed by atoms with Gasteiger partial charge in [0, 0.05) is 62.2 Å². The maximum absolute atomic E-state index is 11.2. The molecule has 0 aliphatic rings. The zero-order valence-electron chi connectivity index (χ0n) is 33.3. The first-order valence-corrected chi connectivity index (χ1v) is 18.9. The minimum Gasteiger partial charge on any atom is -0.508 e. The fourth-order valence-electron chi connectivity index (χ4n) is 4.65. The minimum atomic E-state index is -0.296. The summed E-state index contributed by atoms with van der Waals surface area (Å²) < 4.78 is 24.9. The summed E-state index contributed by atoms with van der Waals surface area (Å²) in [5.41, 5.74) is 4.23. The number of phenolic OH excluding ortho intramolecular Hbond substituents is 2. The first-order valence-electron chi connectivity index (χ1n) is 17.4. The van der Waals surface area contributed by atoms with Crippen LogP contribution in [0.15, 0.2) is 97.1 Å². The van der Waals surface area contributed by atoms with E-state index in [1.807, 2.05) is 105 Å². The van der Waals surface area contributed by atoms with E-state index in [0.717, 1.165) is 22.3 Å². The van der Waals surface area contributed by atoms with Gasteiger partial charge in [-0.25, -0.2) is 0 Å². The molecule has 17 heteroatoms. The second-order valence-electron chi connectivity index (χ2n) is 12.2. The van der Waals surface area contributed by atoms with Crippen molar-refractivity contribution in [1.82, 2.24) is 5.32 Å². The van der Waals surface area contributed by atoms with Gasteiger partial charge in [0.25, 0.3) is 1.43 Å². The molecule has 4 unspecified atom stereocenters. The van der Waals surface area contributed by atoms with Crippen LogP contribution in [-0.2, 0) is 63.0 Å². The average Bonchev–Trinajstić information content (AvgIpc) is 3.23. The molecule has 4 aromatic carbocycles. The Labute approximate surface area is 395 Å². The fourth-order valence-corrected chi connectivity index (χ4v) is 5.51. The number of carbonyl (C=O) groups excluding carboxylic acids is 4. The van der Waals surface area contributed by atoms with Gasteiger partial charge in [0.15, 0.2) is 0 Å². The van der Waals surface area contributed by atoms with E-state index in [2.05, 4.69) is 40.7 Å². The van der Waals surface area contributed by atoms with Crippen molar-refractivity contribution in [2.75, 3.05) is 7.05 Å². The second kappa shape index (κ2) is 33.9. The Morgan fingerprint density at radius 3 is 1.16 bits per heavy atom. The summed E-state index contributed by atoms with van der Waals surface area (Å²) in [6.45, 7) is 5.46. The summed E-state index contributed by atoms with van der Waals surface area (Å²) >= 11 is 0. The summed E-state index contributed by atoms with van der Waals surface area (Å²) in [6, 6.07) is 34.5. The Kier molecular flexibility index (Phi) is 32.8. The van der Waals surface area contributed by atoms with Crippen LogP contribution in [0.5, 0.6) is 11.5 Å². The van der Waals surface area contributed by atoms with Gasteiger partial charge in [0.2, 0.25) is 0 Å². The maximum atomic E-state index is 11.2. The third kappa shape index (κ3) is 25.4. The van der Waals surface area contributed by atoms with E-state index in [0.29, 0.717) is 31.4 Å². The molecule has 0 fully saturated rings. The number of phenols is 2. The summed E-state index contributed by atoms with van der Waals surface area (Å²) in [5.74, 6) is -0.690. The first kappa shape index (κ1) is 55.1. The maximum Gasteiger partial charge on any atom is 0.325 e. The van der Waals surface area contributed by atoms with Crippen LogP contribution in [0.3, 0.4) is 0 Å². The molecule has 306 valence electrons. The Morgan fingerprint density at radius 1 is 0.561 bits per heavy atom. The molecule has 57 heavy (non-hydrogen) atoms. The second-order valence-corrected chi connectivity index (χ2v) is 13.2. The van der Waals surface area contributed by atoms with E-state index in [1.54, 1.807) is 57.3 Å². The summed E-state index contributed by atoms with van der Waals surface area (Å²) in [5, 5.41) is 16.3. The van der Waals surface area contributed by atoms with Crippen molar-refractivity contribution in [3.8, 4) is 11.5 Å². The van der Waals surface area contributed by atoms with Crippen LogP contribution in [0.2, 0.25) is 0 Å². The quantitative estimate of drug-likeness (QED) is 0.0906. The number of aromatic hydroxyl groups is 2. The standard InChI is InChI=1S/C10H13NO2P.2C10H13O3P.C10H12O2P.2U/c1-11-9(10(12)13-14)7-8-5-3-2-4-6-8;2*1-7(10(12)13-14)6-8-2-4-9(11)5-3-8;1-8(10(11)12-13)7-9-5-3-2-4-6-9;;/h3-6,9,11H,7,14H2,1H3;2*2-5,7,11H,6,14H2,1H3;3-6,8H,7,13H2,1H3;;/q-1;;;-1;;/t9-;2*7-;8-;;/m0000../s1/i/hT. The Hall–Kier alpha value is -1.86. The third-order valence-corrected chi connectivity index (χ3v) is 8.73. The van der Waals surface area contributed by atoms with Crippen LogP contribution in [-0.4, -0.2) is 48.6 Å². The first-order chi connectivity index (χ1) is 26.8. The van der Waals surface area contributed by atoms with Crippen molar-refractivity contribution < 1.29 is 110 Å². The summed E-state index contributed by atoms with van der Waals surface area (Å²) in [6.07, 6.45) is 2.57. The SMILES string of the molecule is CN[C@@H](Cc1cc[c-]cc1)C(=O)OP.C[C@@H](Cc1cc[c-]cc1)C(=O)OP.C[C@@H](Cc1ccc(O)cc1)C(=O)OP.[3H]Oc1ccc(C[C@H](C)C(=O)OP)cc1.[U].[U]. The molecule has 0 aliphatic heterocycles. The minimum absolute atomic E-state index is 0. The zero-order valence-corrected chi connectivity index (χ0v) is 45.3. The largest absolute Gasteiger partial charge is 0.508 e. The number of benzene rings is 4. The van der Waals surface area contributed by atoms with Gasteiger partial charge < -0.3 is 33.6 Å². The Bertz CT molecular complexity index is 1720. The summed E-state index contributed by atoms with van der Waals surface area (Å²) in [4.78, 5) is 44.5. The molecule has 0 bridgehead atoms. The molecule has 0 saturated heterocycles. The smallest absolute Gasteiger partial charge is 0.325 e. The van der Waals surface area contributed by atoms with E-state index in [9.17, 15) is 19.2 Å². The number of hydrogen-bond acceptors (Lipinski definition) is 11. The summed E-state index contributed by atoms with van der Waals surface area (Å²) in [7, 11) is 9.57. The number of hydrogen-bond donors (Lipinski definition) is 3. The molecule has 3 N–H and O–H groups in total. The van der Waals surface area contributed by atoms with Gasteiger partial charge in [-0.15, -0.1) is 0 Å². The molecule has 11 nitrogen and oxygen atoms in total. The van der Waals surface area contributed by atoms with Crippen molar-refractivity contribution >= 4 is 61.7 Å². The number of nitrogens with one attached hydrogen (secondary N) is 1. The monoisotopic (exact) mass is 1310 g/mol.